The second-order valence-electron chi connectivity index (χ2n) is 34.3. The van der Waals surface area contributed by atoms with Crippen molar-refractivity contribution in [3.63, 3.8) is 0 Å². The molecule has 9 aromatic heterocycles. The zero-order valence-corrected chi connectivity index (χ0v) is 88.0. The molecule has 7 atom stereocenters. The number of benzene rings is 3. The van der Waals surface area contributed by atoms with Crippen LogP contribution in [0, 0.1) is 48.6 Å². The van der Waals surface area contributed by atoms with Gasteiger partial charge >= 0.3 is 36.2 Å². The fraction of sp³-hybridized carbons (Fsp3) is 0.387. The average Bonchev–Trinajstić information content (AvgIpc) is 1.62. The third kappa shape index (κ3) is 33.3. The Morgan fingerprint density at radius 3 is 1.42 bits per heavy atom. The van der Waals surface area contributed by atoms with Gasteiger partial charge in [-0.05, 0) is 117 Å². The summed E-state index contributed by atoms with van der Waals surface area (Å²) >= 11 is 11.1. The SMILES string of the molecule is CCOC(=O)/C=C/c1nccs1.CCOC(=O)CC(C[N+](=O)[O-])c1nccs1.C[C@H]1Cn2ncc(I)c2CN1C(=O)OC(C)(C)C.C[C@H]1Cn2ncc(N3CC(c4nccs4)CC3=O)c2CN1C(=O)Nc1cc(F)c(F)c(F)c1.C[C@H]1Cn2ncc(N3CC(c4nccs4)CC3=O)c2CN1C(=O)OC(C)(C)C.O=C(Nc1cc(F)c(F)c(F)c1)Oc1ccccc1.O=C1CC(c2nccs2)CN1.O=Cc1nccs1.[Fe]. The van der Waals surface area contributed by atoms with Gasteiger partial charge in [-0.25, -0.2) is 80.2 Å². The molecule has 0 saturated carbocycles. The summed E-state index contributed by atoms with van der Waals surface area (Å²) in [6, 6.07) is 10.1. The molecule has 3 N–H and O–H groups in total. The minimum absolute atomic E-state index is 0. The predicted molar refractivity (Wildman–Crippen MR) is 534 cm³/mol. The molecule has 4 unspecified atom stereocenters. The molecule has 3 aromatic carbocycles. The first-order valence-electron chi connectivity index (χ1n) is 44.6. The first kappa shape index (κ1) is 114. The number of halogens is 7. The quantitative estimate of drug-likeness (QED) is 0.00686. The van der Waals surface area contributed by atoms with E-state index in [4.69, 9.17) is 23.7 Å². The molecule has 6 aliphatic heterocycles. The Morgan fingerprint density at radius 2 is 0.993 bits per heavy atom. The molecule has 0 bridgehead atoms. The molecule has 52 heteroatoms. The minimum Gasteiger partial charge on any atom is -0.466 e. The number of nitrogens with one attached hydrogen (secondary N) is 3. The van der Waals surface area contributed by atoms with Gasteiger partial charge in [-0.15, -0.1) is 68.0 Å². The van der Waals surface area contributed by atoms with Crippen molar-refractivity contribution >= 4 is 180 Å². The summed E-state index contributed by atoms with van der Waals surface area (Å²) in [6.07, 6.45) is 19.0. The number of amides is 8. The van der Waals surface area contributed by atoms with Crippen LogP contribution in [0.4, 0.5) is 68.3 Å². The van der Waals surface area contributed by atoms with Crippen molar-refractivity contribution in [3.05, 3.63) is 244 Å². The largest absolute Gasteiger partial charge is 0.466 e. The van der Waals surface area contributed by atoms with Gasteiger partial charge in [-0.1, -0.05) is 18.2 Å². The molecule has 0 aliphatic carbocycles. The number of esters is 2. The van der Waals surface area contributed by atoms with Crippen molar-refractivity contribution in [2.24, 2.45) is 0 Å². The normalized spacial score (nSPS) is 17.1. The van der Waals surface area contributed by atoms with Crippen LogP contribution in [0.15, 0.2) is 149 Å². The topological polar surface area (TPSA) is 443 Å². The van der Waals surface area contributed by atoms with Crippen LogP contribution in [0.5, 0.6) is 5.75 Å². The molecule has 15 heterocycles. The summed E-state index contributed by atoms with van der Waals surface area (Å²) in [5.74, 6) is -9.14. The van der Waals surface area contributed by atoms with Crippen molar-refractivity contribution in [1.29, 1.82) is 0 Å². The third-order valence-electron chi connectivity index (χ3n) is 21.3. The van der Waals surface area contributed by atoms with Crippen LogP contribution in [0.3, 0.4) is 0 Å². The van der Waals surface area contributed by atoms with E-state index >= 15 is 0 Å². The summed E-state index contributed by atoms with van der Waals surface area (Å²) < 4.78 is 111. The van der Waals surface area contributed by atoms with E-state index in [1.807, 2.05) is 99.4 Å². The van der Waals surface area contributed by atoms with Crippen LogP contribution in [-0.2, 0) is 99.3 Å². The fourth-order valence-corrected chi connectivity index (χ4v) is 19.2. The van der Waals surface area contributed by atoms with Crippen LogP contribution in [0.1, 0.15) is 177 Å². The molecular formula is C93H102F6FeIN21O17S6. The number of thiazole rings is 6. The number of anilines is 4. The van der Waals surface area contributed by atoms with Crippen LogP contribution in [-0.4, -0.2) is 208 Å². The van der Waals surface area contributed by atoms with Crippen molar-refractivity contribution in [3.8, 4) is 5.75 Å². The number of carbonyl (C=O) groups is 10. The summed E-state index contributed by atoms with van der Waals surface area (Å²) in [5.41, 5.74) is 2.61. The van der Waals surface area contributed by atoms with Crippen molar-refractivity contribution in [2.45, 2.75) is 194 Å². The molecule has 774 valence electrons. The van der Waals surface area contributed by atoms with E-state index in [0.29, 0.717) is 105 Å². The first-order chi connectivity index (χ1) is 68.6. The number of nitro groups is 1. The van der Waals surface area contributed by atoms with Gasteiger partial charge in [0, 0.05) is 184 Å². The molecule has 3 saturated heterocycles. The molecule has 0 spiro atoms. The number of ether oxygens (including phenoxy) is 5. The summed E-state index contributed by atoms with van der Waals surface area (Å²) in [5, 5.41) is 47.0. The molecular weight excluding hydrogens is 2170 g/mol. The molecule has 18 rings (SSSR count). The molecule has 12 aromatic rings. The number of nitrogens with zero attached hydrogens (tertiary/aromatic N) is 18. The van der Waals surface area contributed by atoms with Crippen LogP contribution in [0.2, 0.25) is 0 Å². The molecule has 8 amide bonds. The third-order valence-corrected chi connectivity index (χ3v) is 27.4. The van der Waals surface area contributed by atoms with Gasteiger partial charge in [0.05, 0.1) is 154 Å². The molecule has 6 aliphatic rings. The Labute approximate surface area is 876 Å². The molecule has 38 nitrogen and oxygen atoms in total. The van der Waals surface area contributed by atoms with E-state index in [1.165, 1.54) is 68.5 Å². The second-order valence-corrected chi connectivity index (χ2v) is 41.0. The van der Waals surface area contributed by atoms with E-state index in [-0.39, 0.29) is 126 Å². The second kappa shape index (κ2) is 53.8. The number of aromatic nitrogens is 12. The molecule has 145 heavy (non-hydrogen) atoms. The Balaban J connectivity index is 0.000000176. The standard InChI is InChI=1S/C21H19F3N6O2S.C19H25N5O3S.C13H8F3NO2.C12H18IN3O2.C9H12N2O4S.C8H9NO2S.C7H8N2OS.C4H3NOS.Fe/c1-11-8-30-17(10-28(11)21(32)27-13-5-14(22)19(24)15(23)6-13)16(7-26-30)29-9-12(4-18(29)31)20-25-2-3-33-20;1-12-9-24-15(11-22(12)18(26)27-19(2,3)4)14(8-21-24)23-10-13(7-16(23)25)17-20-5-6-28-17;14-10-6-8(7-11(15)12(10)16)17-13(18)19-9-4-2-1-3-5-9;1-8-6-16-10(9(13)5-14-16)7-15(8)11(17)18-12(2,3)4;1-2-15-8(12)5-7(6-11(13)14)9-10-3-4-16-9;1-2-11-8(10)4-3-7-9-5-6-12-7;10-6-3-5(4-9-6)7-8-1-2-11-7;6-3-4-5-1-2-7-4;/h2-3,5-7,11-12H,4,8-10H2,1H3,(H,27,32);5-6,8,12-13H,7,9-11H2,1-4H3;1-7H,(H,17,18);5,8H,6-7H2,1-4H3;3-4,7H,2,5-6H2,1H3;3-6H,2H2,1H3;1-2,5H,3-4H2,(H,9,10);1-3H;/b;;;;;4-3+;;;/t11-,12?;12-,13?;;8-;;;;;/m00.0...../s1. The zero-order valence-electron chi connectivity index (χ0n) is 79.9. The predicted octanol–water partition coefficient (Wildman–Crippen LogP) is 17.9. The minimum atomic E-state index is -1.60. The fourth-order valence-electron chi connectivity index (χ4n) is 14.7. The number of urea groups is 1. The number of fused-ring (bicyclic) bond motifs is 3. The van der Waals surface area contributed by atoms with E-state index < -0.39 is 75.0 Å². The maximum absolute atomic E-state index is 13.5. The summed E-state index contributed by atoms with van der Waals surface area (Å²) in [6.45, 7) is 25.5. The van der Waals surface area contributed by atoms with Gasteiger partial charge in [0.2, 0.25) is 24.3 Å². The molecule has 0 radical (unpaired) electrons. The number of aldehydes is 1. The van der Waals surface area contributed by atoms with Crippen molar-refractivity contribution in [2.75, 3.05) is 59.8 Å². The van der Waals surface area contributed by atoms with Gasteiger partial charge in [0.25, 0.3) is 0 Å². The van der Waals surface area contributed by atoms with E-state index in [1.54, 1.807) is 145 Å². The van der Waals surface area contributed by atoms with Crippen molar-refractivity contribution in [1.82, 2.24) is 79.3 Å². The number of para-hydroxylation sites is 1. The zero-order chi connectivity index (χ0) is 104. The Bertz CT molecular complexity index is 6320. The van der Waals surface area contributed by atoms with Crippen LogP contribution < -0.4 is 30.5 Å². The van der Waals surface area contributed by atoms with Gasteiger partial charge in [-0.3, -0.25) is 63.2 Å². The Morgan fingerprint density at radius 1 is 0.559 bits per heavy atom. The number of carbonyl (C=O) groups excluding carboxylic acids is 10. The van der Waals surface area contributed by atoms with E-state index in [0.717, 1.165) is 72.2 Å². The Hall–Kier alpha value is -12.9. The van der Waals surface area contributed by atoms with Gasteiger partial charge in [0.15, 0.2) is 46.2 Å². The monoisotopic (exact) mass is 2270 g/mol. The van der Waals surface area contributed by atoms with Crippen molar-refractivity contribution < 1.29 is 120 Å². The number of rotatable bonds is 18. The maximum atomic E-state index is 13.5. The first-order valence-corrected chi connectivity index (χ1v) is 51.0. The van der Waals surface area contributed by atoms with Gasteiger partial charge in [-0.2, -0.15) is 15.3 Å². The summed E-state index contributed by atoms with van der Waals surface area (Å²) in [7, 11) is 0. The van der Waals surface area contributed by atoms with Crippen LogP contribution in [0.25, 0.3) is 6.08 Å². The average molecular weight is 2280 g/mol. The maximum Gasteiger partial charge on any atom is 0.417 e. The number of hydrogen-bond donors (Lipinski definition) is 3. The number of hydrogen-bond acceptors (Lipinski definition) is 32. The van der Waals surface area contributed by atoms with Crippen LogP contribution >= 0.6 is 90.6 Å². The summed E-state index contributed by atoms with van der Waals surface area (Å²) in [4.78, 5) is 160. The van der Waals surface area contributed by atoms with Gasteiger partial charge in [0.1, 0.15) is 27.0 Å². The molecule has 3 fully saturated rings. The van der Waals surface area contributed by atoms with E-state index in [9.17, 15) is 84.4 Å². The Kier molecular flexibility index (Phi) is 42.3. The van der Waals surface area contributed by atoms with E-state index in [2.05, 4.69) is 83.7 Å². The van der Waals surface area contributed by atoms with Gasteiger partial charge < -0.3 is 49.0 Å². The smallest absolute Gasteiger partial charge is 0.417 e.